The molecule has 0 saturated heterocycles. The van der Waals surface area contributed by atoms with Gasteiger partial charge in [-0.2, -0.15) is 0 Å². The van der Waals surface area contributed by atoms with Gasteiger partial charge in [-0.3, -0.25) is 10.1 Å². The highest BCUT2D eigenvalue weighted by molar-refractivity contribution is 9.09. The van der Waals surface area contributed by atoms with E-state index in [2.05, 4.69) is 21.2 Å². The number of alkyl carbamates (subject to hydrolysis) is 1. The molecule has 1 rings (SSSR count). The number of hydrogen-bond donors (Lipinski definition) is 1. The predicted molar refractivity (Wildman–Crippen MR) is 73.4 cm³/mol. The maximum atomic E-state index is 11.1. The summed E-state index contributed by atoms with van der Waals surface area (Å²) in [7, 11) is 0. The third-order valence-corrected chi connectivity index (χ3v) is 2.38. The summed E-state index contributed by atoms with van der Waals surface area (Å²) in [5, 5.41) is 2.63. The molecule has 0 aromatic heterocycles. The molecule has 18 heavy (non-hydrogen) atoms. The van der Waals surface area contributed by atoms with Crippen molar-refractivity contribution >= 4 is 34.0 Å². The van der Waals surface area contributed by atoms with Gasteiger partial charge < -0.3 is 4.74 Å². The van der Waals surface area contributed by atoms with Gasteiger partial charge in [0.15, 0.2) is 0 Å². The Labute approximate surface area is 114 Å². The van der Waals surface area contributed by atoms with Crippen LogP contribution in [0.5, 0.6) is 0 Å². The lowest BCUT2D eigenvalue weighted by Gasteiger charge is -2.02. The number of amides is 2. The van der Waals surface area contributed by atoms with Gasteiger partial charge in [-0.25, -0.2) is 4.79 Å². The molecule has 0 atom stereocenters. The lowest BCUT2D eigenvalue weighted by atomic mass is 10.2. The second kappa shape index (κ2) is 8.47. The van der Waals surface area contributed by atoms with Crippen LogP contribution in [-0.4, -0.2) is 23.9 Å². The number of carbonyl (C=O) groups is 2. The van der Waals surface area contributed by atoms with Gasteiger partial charge >= 0.3 is 6.09 Å². The third-order valence-electron chi connectivity index (χ3n) is 1.98. The van der Waals surface area contributed by atoms with Crippen LogP contribution >= 0.6 is 15.9 Å². The summed E-state index contributed by atoms with van der Waals surface area (Å²) in [6.07, 6.45) is 3.07. The topological polar surface area (TPSA) is 55.4 Å². The van der Waals surface area contributed by atoms with E-state index in [0.717, 1.165) is 5.56 Å². The van der Waals surface area contributed by atoms with Crippen LogP contribution in [0.3, 0.4) is 0 Å². The summed E-state index contributed by atoms with van der Waals surface area (Å²) in [6, 6.07) is 9.65. The zero-order chi connectivity index (χ0) is 13.2. The van der Waals surface area contributed by atoms with E-state index in [1.54, 1.807) is 6.08 Å². The number of imide groups is 1. The summed E-state index contributed by atoms with van der Waals surface area (Å²) >= 11 is 3.11. The van der Waals surface area contributed by atoms with Crippen LogP contribution in [-0.2, 0) is 9.53 Å². The van der Waals surface area contributed by atoms with Crippen LogP contribution in [0.15, 0.2) is 36.4 Å². The molecule has 96 valence electrons. The fraction of sp³-hybridized carbons (Fsp3) is 0.231. The molecule has 5 heteroatoms. The molecule has 0 aliphatic heterocycles. The lowest BCUT2D eigenvalue weighted by molar-refractivity contribution is -0.119. The van der Waals surface area contributed by atoms with Crippen molar-refractivity contribution in [1.29, 1.82) is 0 Å². The van der Waals surface area contributed by atoms with Crippen molar-refractivity contribution in [2.75, 3.05) is 11.9 Å². The number of alkyl halides is 1. The molecule has 1 aromatic rings. The first-order valence-electron chi connectivity index (χ1n) is 5.46. The molecule has 0 aliphatic rings. The van der Waals surface area contributed by atoms with Crippen LogP contribution in [0.25, 0.3) is 6.08 Å². The van der Waals surface area contributed by atoms with Crippen LogP contribution in [0.4, 0.5) is 4.79 Å². The number of nitrogens with one attached hydrogen (secondary N) is 1. The highest BCUT2D eigenvalue weighted by Crippen LogP contribution is 2.00. The number of carbonyl (C=O) groups excluding carboxylic acids is 2. The molecule has 0 aliphatic carbocycles. The largest absolute Gasteiger partial charge is 0.445 e. The van der Waals surface area contributed by atoms with Gasteiger partial charge in [0.1, 0.15) is 6.61 Å². The van der Waals surface area contributed by atoms with Crippen molar-refractivity contribution in [1.82, 2.24) is 5.32 Å². The average Bonchev–Trinajstić information content (AvgIpc) is 2.36. The van der Waals surface area contributed by atoms with Crippen LogP contribution in [0, 0.1) is 0 Å². The van der Waals surface area contributed by atoms with Gasteiger partial charge in [0, 0.05) is 11.8 Å². The summed E-state index contributed by atoms with van der Waals surface area (Å²) in [5.41, 5.74) is 1.02. The van der Waals surface area contributed by atoms with Gasteiger partial charge in [-0.1, -0.05) is 52.3 Å². The molecule has 0 unspecified atom stereocenters. The zero-order valence-electron chi connectivity index (χ0n) is 9.77. The second-order valence-electron chi connectivity index (χ2n) is 3.40. The molecule has 0 saturated carbocycles. The highest BCUT2D eigenvalue weighted by Gasteiger charge is 2.06. The summed E-state index contributed by atoms with van der Waals surface area (Å²) in [4.78, 5) is 22.2. The molecule has 2 amide bonds. The first-order chi connectivity index (χ1) is 8.72. The minimum Gasteiger partial charge on any atom is -0.445 e. The summed E-state index contributed by atoms with van der Waals surface area (Å²) in [6.45, 7) is 0.127. The van der Waals surface area contributed by atoms with Gasteiger partial charge in [0.05, 0.1) is 0 Å². The fourth-order valence-corrected chi connectivity index (χ4v) is 1.53. The first kappa shape index (κ1) is 14.4. The molecule has 0 fully saturated rings. The van der Waals surface area contributed by atoms with Crippen molar-refractivity contribution in [3.63, 3.8) is 0 Å². The number of benzene rings is 1. The Morgan fingerprint density at radius 1 is 1.28 bits per heavy atom. The van der Waals surface area contributed by atoms with Crippen molar-refractivity contribution in [2.45, 2.75) is 6.42 Å². The second-order valence-corrected chi connectivity index (χ2v) is 4.19. The molecular formula is C13H14BrNO3. The van der Waals surface area contributed by atoms with Gasteiger partial charge in [0.2, 0.25) is 5.91 Å². The van der Waals surface area contributed by atoms with Crippen LogP contribution in [0.2, 0.25) is 0 Å². The Balaban J connectivity index is 2.23. The van der Waals surface area contributed by atoms with E-state index >= 15 is 0 Å². The maximum absolute atomic E-state index is 11.1. The van der Waals surface area contributed by atoms with E-state index in [-0.39, 0.29) is 18.9 Å². The predicted octanol–water partition coefficient (Wildman–Crippen LogP) is 2.74. The molecular weight excluding hydrogens is 298 g/mol. The Morgan fingerprint density at radius 3 is 2.67 bits per heavy atom. The monoisotopic (exact) mass is 311 g/mol. The Morgan fingerprint density at radius 2 is 2.00 bits per heavy atom. The maximum Gasteiger partial charge on any atom is 0.414 e. The third kappa shape index (κ3) is 6.20. The Kier molecular flexibility index (Phi) is 6.79. The standard InChI is InChI=1S/C13H14BrNO3/c14-9-8-12(16)15-13(17)18-10-4-7-11-5-2-1-3-6-11/h1-7H,8-10H2,(H,15,16,17)/b7-4-. The number of halogens is 1. The molecule has 4 nitrogen and oxygen atoms in total. The van der Waals surface area contributed by atoms with Crippen LogP contribution in [0.1, 0.15) is 12.0 Å². The molecule has 0 spiro atoms. The SMILES string of the molecule is O=C(CCBr)NC(=O)OC/C=C\c1ccccc1. The Bertz CT molecular complexity index is 418. The van der Waals surface area contributed by atoms with E-state index in [4.69, 9.17) is 4.74 Å². The smallest absolute Gasteiger partial charge is 0.414 e. The van der Waals surface area contributed by atoms with Crippen molar-refractivity contribution in [3.8, 4) is 0 Å². The highest BCUT2D eigenvalue weighted by atomic mass is 79.9. The van der Waals surface area contributed by atoms with E-state index in [9.17, 15) is 9.59 Å². The van der Waals surface area contributed by atoms with Gasteiger partial charge in [-0.15, -0.1) is 0 Å². The number of ether oxygens (including phenoxy) is 1. The van der Waals surface area contributed by atoms with Crippen LogP contribution < -0.4 is 5.32 Å². The minimum atomic E-state index is -0.723. The molecule has 1 aromatic carbocycles. The fourth-order valence-electron chi connectivity index (χ4n) is 1.17. The van der Waals surface area contributed by atoms with E-state index in [1.165, 1.54) is 0 Å². The zero-order valence-corrected chi connectivity index (χ0v) is 11.4. The number of hydrogen-bond acceptors (Lipinski definition) is 3. The van der Waals surface area contributed by atoms with E-state index in [0.29, 0.717) is 5.33 Å². The van der Waals surface area contributed by atoms with Crippen molar-refractivity contribution < 1.29 is 14.3 Å². The Hall–Kier alpha value is -1.62. The normalized spacial score (nSPS) is 10.3. The van der Waals surface area contributed by atoms with Crippen molar-refractivity contribution in [3.05, 3.63) is 42.0 Å². The van der Waals surface area contributed by atoms with Gasteiger partial charge in [-0.05, 0) is 11.6 Å². The van der Waals surface area contributed by atoms with Crippen molar-refractivity contribution in [2.24, 2.45) is 0 Å². The minimum absolute atomic E-state index is 0.127. The number of rotatable bonds is 5. The lowest BCUT2D eigenvalue weighted by Crippen LogP contribution is -2.31. The molecule has 0 radical (unpaired) electrons. The summed E-state index contributed by atoms with van der Waals surface area (Å²) in [5.74, 6) is -0.357. The van der Waals surface area contributed by atoms with E-state index in [1.807, 2.05) is 36.4 Å². The quantitative estimate of drug-likeness (QED) is 0.851. The van der Waals surface area contributed by atoms with Gasteiger partial charge in [0.25, 0.3) is 0 Å². The first-order valence-corrected chi connectivity index (χ1v) is 6.58. The van der Waals surface area contributed by atoms with E-state index < -0.39 is 6.09 Å². The summed E-state index contributed by atoms with van der Waals surface area (Å²) < 4.78 is 4.81. The average molecular weight is 312 g/mol. The molecule has 0 bridgehead atoms. The molecule has 1 N–H and O–H groups in total. The molecule has 0 heterocycles.